The van der Waals surface area contributed by atoms with Crippen LogP contribution in [0.5, 0.6) is 0 Å². The van der Waals surface area contributed by atoms with E-state index in [1.807, 2.05) is 5.38 Å². The molecular formula is C18H19N7O3S. The smallest absolute Gasteiger partial charge is 0.225 e. The molecule has 1 aliphatic carbocycles. The van der Waals surface area contributed by atoms with Gasteiger partial charge in [-0.2, -0.15) is 0 Å². The average Bonchev–Trinajstić information content (AvgIpc) is 3.46. The molecule has 10 nitrogen and oxygen atoms in total. The number of imidazole rings is 1. The topological polar surface area (TPSA) is 138 Å². The van der Waals surface area contributed by atoms with Gasteiger partial charge < -0.3 is 25.4 Å². The van der Waals surface area contributed by atoms with Crippen molar-refractivity contribution in [3.05, 3.63) is 28.7 Å². The predicted octanol–water partition coefficient (Wildman–Crippen LogP) is -0.247. The van der Waals surface area contributed by atoms with Gasteiger partial charge in [-0.15, -0.1) is 11.3 Å². The molecule has 1 amide bonds. The van der Waals surface area contributed by atoms with Crippen LogP contribution in [0.2, 0.25) is 0 Å². The molecule has 3 aromatic heterocycles. The van der Waals surface area contributed by atoms with Gasteiger partial charge in [-0.05, 0) is 18.3 Å². The molecule has 4 atom stereocenters. The number of fused-ring (bicyclic) bond motifs is 1. The van der Waals surface area contributed by atoms with Crippen LogP contribution in [-0.4, -0.2) is 66.9 Å². The van der Waals surface area contributed by atoms with Crippen molar-refractivity contribution in [1.82, 2.24) is 29.8 Å². The van der Waals surface area contributed by atoms with E-state index in [0.29, 0.717) is 22.0 Å². The number of rotatable bonds is 3. The van der Waals surface area contributed by atoms with E-state index in [1.165, 1.54) is 24.7 Å². The molecule has 0 saturated heterocycles. The average molecular weight is 413 g/mol. The van der Waals surface area contributed by atoms with Gasteiger partial charge in [0, 0.05) is 25.7 Å². The first-order valence-electron chi connectivity index (χ1n) is 8.95. The molecular weight excluding hydrogens is 394 g/mol. The Morgan fingerprint density at radius 1 is 1.24 bits per heavy atom. The summed E-state index contributed by atoms with van der Waals surface area (Å²) in [7, 11) is 3.22. The molecule has 1 aliphatic rings. The first kappa shape index (κ1) is 19.3. The summed E-state index contributed by atoms with van der Waals surface area (Å²) in [5.74, 6) is 5.55. The van der Waals surface area contributed by atoms with Gasteiger partial charge >= 0.3 is 0 Å². The van der Waals surface area contributed by atoms with Crippen LogP contribution in [0.15, 0.2) is 17.9 Å². The second-order valence-electron chi connectivity index (χ2n) is 6.56. The number of thiazole rings is 1. The monoisotopic (exact) mass is 413 g/mol. The summed E-state index contributed by atoms with van der Waals surface area (Å²) in [6.07, 6.45) is 1.15. The molecule has 0 unspecified atom stereocenters. The van der Waals surface area contributed by atoms with E-state index in [2.05, 4.69) is 42.4 Å². The van der Waals surface area contributed by atoms with E-state index >= 15 is 0 Å². The molecule has 0 spiro atoms. The molecule has 150 valence electrons. The van der Waals surface area contributed by atoms with Crippen LogP contribution in [0, 0.1) is 17.8 Å². The molecule has 11 heteroatoms. The van der Waals surface area contributed by atoms with Crippen molar-refractivity contribution in [1.29, 1.82) is 0 Å². The number of amides is 1. The lowest BCUT2D eigenvalue weighted by molar-refractivity contribution is -0.128. The summed E-state index contributed by atoms with van der Waals surface area (Å²) in [5, 5.41) is 28.9. The zero-order valence-electron chi connectivity index (χ0n) is 15.7. The van der Waals surface area contributed by atoms with Crippen LogP contribution in [-0.2, 0) is 4.79 Å². The highest BCUT2D eigenvalue weighted by atomic mass is 32.1. The number of aromatic nitrogens is 5. The maximum atomic E-state index is 12.0. The standard InChI is InChI=1S/C18H19N7O3S/c1-19-16-13-17(24-11(23-16)3-4-12-21-5-6-29-12)25(8-22-13)10-7-9(18(28)20-2)14(26)15(10)27/h5-6,8-10,14-15,26-27H,7H2,1-2H3,(H,20,28)(H,19,23,24)/t9-,10+,14+,15-/m0/s1. The van der Waals surface area contributed by atoms with Gasteiger partial charge in [-0.1, -0.05) is 0 Å². The van der Waals surface area contributed by atoms with Gasteiger partial charge in [0.2, 0.25) is 11.7 Å². The zero-order valence-corrected chi connectivity index (χ0v) is 16.5. The molecule has 1 fully saturated rings. The number of hydrogen-bond acceptors (Lipinski definition) is 9. The van der Waals surface area contributed by atoms with Gasteiger partial charge in [0.15, 0.2) is 22.0 Å². The van der Waals surface area contributed by atoms with Gasteiger partial charge in [-0.3, -0.25) is 4.79 Å². The second-order valence-corrected chi connectivity index (χ2v) is 7.46. The lowest BCUT2D eigenvalue weighted by atomic mass is 10.1. The highest BCUT2D eigenvalue weighted by Crippen LogP contribution is 2.37. The molecule has 0 aliphatic heterocycles. The van der Waals surface area contributed by atoms with E-state index in [-0.39, 0.29) is 18.2 Å². The lowest BCUT2D eigenvalue weighted by Crippen LogP contribution is -2.36. The van der Waals surface area contributed by atoms with Crippen molar-refractivity contribution < 1.29 is 15.0 Å². The number of nitrogens with zero attached hydrogens (tertiary/aromatic N) is 5. The number of hydrogen-bond donors (Lipinski definition) is 4. The number of carbonyl (C=O) groups is 1. The van der Waals surface area contributed by atoms with E-state index in [1.54, 1.807) is 17.8 Å². The Morgan fingerprint density at radius 2 is 2.07 bits per heavy atom. The second kappa shape index (κ2) is 7.75. The van der Waals surface area contributed by atoms with E-state index < -0.39 is 24.2 Å². The van der Waals surface area contributed by atoms with Crippen LogP contribution < -0.4 is 10.6 Å². The molecule has 4 rings (SSSR count). The lowest BCUT2D eigenvalue weighted by Gasteiger charge is -2.18. The molecule has 0 radical (unpaired) electrons. The minimum atomic E-state index is -1.17. The highest BCUT2D eigenvalue weighted by Gasteiger charge is 2.46. The van der Waals surface area contributed by atoms with Crippen molar-refractivity contribution in [3.63, 3.8) is 0 Å². The third-order valence-corrected chi connectivity index (χ3v) is 5.65. The molecule has 3 heterocycles. The van der Waals surface area contributed by atoms with Crippen molar-refractivity contribution in [2.24, 2.45) is 5.92 Å². The molecule has 1 saturated carbocycles. The number of nitrogens with one attached hydrogen (secondary N) is 2. The summed E-state index contributed by atoms with van der Waals surface area (Å²) < 4.78 is 1.67. The Balaban J connectivity index is 1.76. The Bertz CT molecular complexity index is 1100. The number of anilines is 1. The fourth-order valence-corrected chi connectivity index (χ4v) is 4.00. The van der Waals surface area contributed by atoms with Crippen molar-refractivity contribution in [2.75, 3.05) is 19.4 Å². The number of carbonyl (C=O) groups excluding carboxylic acids is 1. The third-order valence-electron chi connectivity index (χ3n) is 4.96. The Morgan fingerprint density at radius 3 is 2.76 bits per heavy atom. The maximum absolute atomic E-state index is 12.0. The summed E-state index contributed by atoms with van der Waals surface area (Å²) in [5.41, 5.74) is 0.971. The van der Waals surface area contributed by atoms with E-state index in [4.69, 9.17) is 0 Å². The molecule has 0 bridgehead atoms. The molecule has 29 heavy (non-hydrogen) atoms. The fourth-order valence-electron chi connectivity index (χ4n) is 3.51. The summed E-state index contributed by atoms with van der Waals surface area (Å²) in [6, 6.07) is -0.559. The fraction of sp³-hybridized carbons (Fsp3) is 0.389. The molecule has 0 aromatic carbocycles. The SMILES string of the molecule is CNC(=O)[C@H]1C[C@@H](n2cnc3c(NC)nc(C#Cc4nccs4)nc32)[C@H](O)[C@@H]1O. The summed E-state index contributed by atoms with van der Waals surface area (Å²) in [4.78, 5) is 29.4. The minimum absolute atomic E-state index is 0.256. The van der Waals surface area contributed by atoms with E-state index in [0.717, 1.165) is 0 Å². The van der Waals surface area contributed by atoms with Gasteiger partial charge in [-0.25, -0.2) is 19.9 Å². The number of aliphatic hydroxyl groups is 2. The van der Waals surface area contributed by atoms with Gasteiger partial charge in [0.05, 0.1) is 24.4 Å². The highest BCUT2D eigenvalue weighted by molar-refractivity contribution is 7.10. The largest absolute Gasteiger partial charge is 0.390 e. The van der Waals surface area contributed by atoms with Gasteiger partial charge in [0.25, 0.3) is 0 Å². The minimum Gasteiger partial charge on any atom is -0.390 e. The third kappa shape index (κ3) is 3.42. The Hall–Kier alpha value is -3.07. The van der Waals surface area contributed by atoms with Crippen LogP contribution in [0.3, 0.4) is 0 Å². The van der Waals surface area contributed by atoms with Crippen LogP contribution in [0.1, 0.15) is 23.3 Å². The predicted molar refractivity (Wildman–Crippen MR) is 106 cm³/mol. The van der Waals surface area contributed by atoms with Crippen LogP contribution in [0.25, 0.3) is 11.2 Å². The van der Waals surface area contributed by atoms with E-state index in [9.17, 15) is 15.0 Å². The van der Waals surface area contributed by atoms with Gasteiger partial charge in [0.1, 0.15) is 6.10 Å². The Kier molecular flexibility index (Phi) is 5.14. The first-order chi connectivity index (χ1) is 14.0. The molecule has 3 aromatic rings. The maximum Gasteiger partial charge on any atom is 0.225 e. The van der Waals surface area contributed by atoms with Crippen LogP contribution >= 0.6 is 11.3 Å². The van der Waals surface area contributed by atoms with Crippen molar-refractivity contribution in [3.8, 4) is 11.8 Å². The van der Waals surface area contributed by atoms with Crippen LogP contribution in [0.4, 0.5) is 5.82 Å². The Labute approximate surface area is 170 Å². The summed E-state index contributed by atoms with van der Waals surface area (Å²) >= 11 is 1.41. The summed E-state index contributed by atoms with van der Waals surface area (Å²) in [6.45, 7) is 0. The van der Waals surface area contributed by atoms with Crippen molar-refractivity contribution >= 4 is 34.2 Å². The molecule has 4 N–H and O–H groups in total. The first-order valence-corrected chi connectivity index (χ1v) is 9.83. The van der Waals surface area contributed by atoms with Crippen molar-refractivity contribution in [2.45, 2.75) is 24.7 Å². The number of aliphatic hydroxyl groups excluding tert-OH is 2. The normalized spacial score (nSPS) is 23.6. The quantitative estimate of drug-likeness (QED) is 0.432. The zero-order chi connectivity index (χ0) is 20.5.